The molecular formula is C32H28Cl2HfNSi. The van der Waals surface area contributed by atoms with Gasteiger partial charge in [0.2, 0.25) is 0 Å². The van der Waals surface area contributed by atoms with Crippen molar-refractivity contribution < 1.29 is 45.7 Å². The van der Waals surface area contributed by atoms with Gasteiger partial charge >= 0.3 is 218 Å². The van der Waals surface area contributed by atoms with E-state index in [1.165, 1.54) is 33.5 Å². The third-order valence-corrected chi connectivity index (χ3v) is 34.1. The van der Waals surface area contributed by atoms with Gasteiger partial charge in [-0.3, -0.25) is 0 Å². The Bertz CT molecular complexity index is 1380. The molecule has 0 bridgehead atoms. The fraction of sp³-hybridized carbons (Fsp3) is 0.0625. The minimum absolute atomic E-state index is 0. The number of benzene rings is 5. The van der Waals surface area contributed by atoms with Crippen LogP contribution in [0.2, 0.25) is 0 Å². The number of fused-ring (bicyclic) bond motifs is 3. The third kappa shape index (κ3) is 5.42. The average molecular weight is 704 g/mol. The fourth-order valence-corrected chi connectivity index (χ4v) is 36.4. The van der Waals surface area contributed by atoms with Gasteiger partial charge in [0.05, 0.1) is 0 Å². The molecule has 1 aliphatic rings. The first-order chi connectivity index (χ1) is 17.3. The topological polar surface area (TPSA) is 12.0 Å². The summed E-state index contributed by atoms with van der Waals surface area (Å²) in [5.74, 6) is -1.52. The maximum Gasteiger partial charge on any atom is -1.00 e. The van der Waals surface area contributed by atoms with Crippen molar-refractivity contribution >= 4 is 22.0 Å². The van der Waals surface area contributed by atoms with Crippen LogP contribution in [0.4, 0.5) is 5.69 Å². The molecule has 1 aliphatic carbocycles. The van der Waals surface area contributed by atoms with E-state index in [1.54, 1.807) is 10.4 Å². The predicted molar refractivity (Wildman–Crippen MR) is 148 cm³/mol. The predicted octanol–water partition coefficient (Wildman–Crippen LogP) is 0.256. The van der Waals surface area contributed by atoms with Crippen molar-refractivity contribution in [3.05, 3.63) is 150 Å². The summed E-state index contributed by atoms with van der Waals surface area (Å²) in [6.07, 6.45) is 0. The van der Waals surface area contributed by atoms with Crippen molar-refractivity contribution in [3.63, 3.8) is 0 Å². The van der Waals surface area contributed by atoms with Crippen LogP contribution in [0.15, 0.2) is 133 Å². The van der Waals surface area contributed by atoms with Crippen molar-refractivity contribution in [2.45, 2.75) is 10.6 Å². The second kappa shape index (κ2) is 12.4. The SMILES string of the molecule is Cc1ccccc1[NH][Hf+2]([CH]1c2ccccc2-c2ccccc21)[SiH](c1ccccc1)c1ccccc1.[Cl-].[Cl-]. The number of rotatable bonds is 6. The molecule has 6 rings (SSSR count). The zero-order valence-electron chi connectivity index (χ0n) is 20.6. The van der Waals surface area contributed by atoms with Crippen molar-refractivity contribution in [2.24, 2.45) is 0 Å². The van der Waals surface area contributed by atoms with Crippen LogP contribution in [0, 0.1) is 6.92 Å². The Morgan fingerprint density at radius 2 is 0.973 bits per heavy atom. The van der Waals surface area contributed by atoms with E-state index in [2.05, 4.69) is 144 Å². The van der Waals surface area contributed by atoms with Gasteiger partial charge in [0.1, 0.15) is 0 Å². The molecule has 1 nitrogen and oxygen atoms in total. The number of aryl methyl sites for hydroxylation is 1. The van der Waals surface area contributed by atoms with Crippen molar-refractivity contribution in [1.82, 2.24) is 0 Å². The monoisotopic (exact) mass is 704 g/mol. The van der Waals surface area contributed by atoms with Crippen LogP contribution < -0.4 is 38.5 Å². The van der Waals surface area contributed by atoms with E-state index in [9.17, 15) is 0 Å². The first kappa shape index (κ1) is 27.6. The van der Waals surface area contributed by atoms with Gasteiger partial charge in [0.15, 0.2) is 0 Å². The van der Waals surface area contributed by atoms with Crippen LogP contribution in [-0.4, -0.2) is 5.98 Å². The van der Waals surface area contributed by atoms with Crippen LogP contribution in [0.25, 0.3) is 11.1 Å². The van der Waals surface area contributed by atoms with E-state index in [0.717, 1.165) is 0 Å². The minimum Gasteiger partial charge on any atom is -1.00 e. The Morgan fingerprint density at radius 3 is 1.49 bits per heavy atom. The summed E-state index contributed by atoms with van der Waals surface area (Å²) < 4.78 is 4.83. The second-order valence-electron chi connectivity index (χ2n) is 9.26. The molecule has 183 valence electrons. The zero-order chi connectivity index (χ0) is 23.6. The van der Waals surface area contributed by atoms with Crippen molar-refractivity contribution in [2.75, 3.05) is 3.30 Å². The molecule has 5 aromatic carbocycles. The summed E-state index contributed by atoms with van der Waals surface area (Å²) >= 11 is -2.73. The van der Waals surface area contributed by atoms with E-state index in [0.29, 0.717) is 3.67 Å². The standard InChI is InChI=1S/C13H9.C12H11Si.C7H8N.2ClH.Hf/c1-3-7-12-10(5-1)9-11-6-2-4-8-13(11)12;1-3-7-11(8-4-1)13-12-9-5-2-6-10-12;1-6-4-2-3-5-7(6)8;;;/h1-9H;1-10,13H;2-5,8H,1H3;2*1H;/q;;-1;;;+3/p-2. The Balaban J connectivity index is 0.00000160. The summed E-state index contributed by atoms with van der Waals surface area (Å²) in [6.45, 7) is 2.24. The maximum absolute atomic E-state index is 4.34. The molecule has 0 amide bonds. The smallest absolute Gasteiger partial charge is 1.00 e. The van der Waals surface area contributed by atoms with E-state index >= 15 is 0 Å². The van der Waals surface area contributed by atoms with Gasteiger partial charge in [0, 0.05) is 0 Å². The largest absolute Gasteiger partial charge is 1.00 e. The third-order valence-electron chi connectivity index (χ3n) is 7.15. The van der Waals surface area contributed by atoms with Crippen molar-refractivity contribution in [3.8, 4) is 11.1 Å². The van der Waals surface area contributed by atoms with Gasteiger partial charge in [0.25, 0.3) is 0 Å². The molecule has 5 aromatic rings. The number of hydrogen-bond acceptors (Lipinski definition) is 1. The molecule has 0 saturated carbocycles. The quantitative estimate of drug-likeness (QED) is 0.251. The van der Waals surface area contributed by atoms with Gasteiger partial charge in [-0.25, -0.2) is 0 Å². The number of nitrogens with one attached hydrogen (secondary N) is 1. The average Bonchev–Trinajstić information content (AvgIpc) is 3.25. The molecule has 5 heteroatoms. The normalized spacial score (nSPS) is 11.6. The van der Waals surface area contributed by atoms with E-state index in [4.69, 9.17) is 0 Å². The Hall–Kier alpha value is -2.43. The van der Waals surface area contributed by atoms with Gasteiger partial charge in [-0.05, 0) is 0 Å². The molecule has 0 radical (unpaired) electrons. The summed E-state index contributed by atoms with van der Waals surface area (Å²) in [6, 6.07) is 49.9. The van der Waals surface area contributed by atoms with Crippen LogP contribution in [0.3, 0.4) is 0 Å². The zero-order valence-corrected chi connectivity index (χ0v) is 26.9. The van der Waals surface area contributed by atoms with Gasteiger partial charge in [-0.1, -0.05) is 0 Å². The molecular weight excluding hydrogens is 676 g/mol. The molecule has 0 saturated heterocycles. The van der Waals surface area contributed by atoms with Crippen LogP contribution in [-0.2, 0) is 20.9 Å². The Morgan fingerprint density at radius 1 is 0.541 bits per heavy atom. The van der Waals surface area contributed by atoms with E-state index in [1.807, 2.05) is 0 Å². The van der Waals surface area contributed by atoms with Crippen molar-refractivity contribution in [1.29, 1.82) is 0 Å². The number of hydrogen-bond donors (Lipinski definition) is 1. The molecule has 1 N–H and O–H groups in total. The van der Waals surface area contributed by atoms with Gasteiger partial charge in [-0.2, -0.15) is 0 Å². The molecule has 0 aromatic heterocycles. The molecule has 0 unspecified atom stereocenters. The molecule has 0 aliphatic heterocycles. The number of anilines is 1. The molecule has 0 heterocycles. The fourth-order valence-electron chi connectivity index (χ4n) is 5.51. The first-order valence-corrected chi connectivity index (χ1v) is 24.1. The van der Waals surface area contributed by atoms with E-state index in [-0.39, 0.29) is 24.8 Å². The van der Waals surface area contributed by atoms with Crippen LogP contribution in [0.1, 0.15) is 20.4 Å². The molecule has 0 atom stereocenters. The maximum atomic E-state index is 4.34. The molecule has 37 heavy (non-hydrogen) atoms. The summed E-state index contributed by atoms with van der Waals surface area (Å²) in [7, 11) is 0. The summed E-state index contributed by atoms with van der Waals surface area (Å²) in [4.78, 5) is 0. The summed E-state index contributed by atoms with van der Waals surface area (Å²) in [5.41, 5.74) is 8.57. The minimum atomic E-state index is -2.73. The Labute approximate surface area is 241 Å². The second-order valence-corrected chi connectivity index (χ2v) is 29.0. The van der Waals surface area contributed by atoms with Crippen LogP contribution in [0.5, 0.6) is 0 Å². The molecule has 0 spiro atoms. The number of halogens is 2. The summed E-state index contributed by atoms with van der Waals surface area (Å²) in [5, 5.41) is 3.12. The number of para-hydroxylation sites is 1. The van der Waals surface area contributed by atoms with Gasteiger partial charge < -0.3 is 24.8 Å². The van der Waals surface area contributed by atoms with Gasteiger partial charge in [-0.15, -0.1) is 0 Å². The van der Waals surface area contributed by atoms with Crippen LogP contribution >= 0.6 is 0 Å². The molecule has 0 fully saturated rings. The Kier molecular flexibility index (Phi) is 9.25. The first-order valence-electron chi connectivity index (χ1n) is 12.3. The van der Waals surface area contributed by atoms with E-state index < -0.39 is 26.9 Å².